The summed E-state index contributed by atoms with van der Waals surface area (Å²) in [6, 6.07) is 1.93. The quantitative estimate of drug-likeness (QED) is 0.332. The summed E-state index contributed by atoms with van der Waals surface area (Å²) in [6.45, 7) is 10.5. The van der Waals surface area contributed by atoms with Crippen LogP contribution in [-0.4, -0.2) is 48.4 Å². The van der Waals surface area contributed by atoms with Gasteiger partial charge in [0.05, 0.1) is 25.2 Å². The Kier molecular flexibility index (Phi) is 6.34. The average Bonchev–Trinajstić information content (AvgIpc) is 3.18. The molecule has 0 amide bonds. The first-order chi connectivity index (χ1) is 16.0. The third-order valence-corrected chi connectivity index (χ3v) is 9.04. The van der Waals surface area contributed by atoms with Gasteiger partial charge in [-0.25, -0.2) is 0 Å². The van der Waals surface area contributed by atoms with Crippen LogP contribution in [0.1, 0.15) is 66.4 Å². The van der Waals surface area contributed by atoms with Crippen LogP contribution in [0.15, 0.2) is 23.0 Å². The molecule has 8 unspecified atom stereocenters. The Labute approximate surface area is 200 Å². The lowest BCUT2D eigenvalue weighted by Crippen LogP contribution is -2.70. The number of epoxide rings is 1. The van der Waals surface area contributed by atoms with Crippen LogP contribution in [0.4, 0.5) is 0 Å². The van der Waals surface area contributed by atoms with Crippen molar-refractivity contribution in [2.24, 2.45) is 22.7 Å². The van der Waals surface area contributed by atoms with Gasteiger partial charge in [0.2, 0.25) is 0 Å². The lowest BCUT2D eigenvalue weighted by Gasteiger charge is -2.63. The number of esters is 3. The lowest BCUT2D eigenvalue weighted by molar-refractivity contribution is -0.255. The van der Waals surface area contributed by atoms with Crippen molar-refractivity contribution in [2.45, 2.75) is 91.1 Å². The molecule has 1 aromatic heterocycles. The highest BCUT2D eigenvalue weighted by Gasteiger charge is 2.78. The SMILES string of the molecule is CC(=O)OCC1(CCc2ccoc2)C(C)C(OC(C)=O)C(OC(C)=O)C2(C)C1CCC1OC12C. The van der Waals surface area contributed by atoms with Crippen LogP contribution in [0, 0.1) is 22.7 Å². The van der Waals surface area contributed by atoms with Gasteiger partial charge in [-0.15, -0.1) is 0 Å². The van der Waals surface area contributed by atoms with E-state index in [1.807, 2.05) is 13.0 Å². The summed E-state index contributed by atoms with van der Waals surface area (Å²) >= 11 is 0. The van der Waals surface area contributed by atoms with E-state index < -0.39 is 40.6 Å². The van der Waals surface area contributed by atoms with Gasteiger partial charge in [0.25, 0.3) is 0 Å². The normalized spacial score (nSPS) is 40.5. The van der Waals surface area contributed by atoms with Crippen molar-refractivity contribution >= 4 is 17.9 Å². The van der Waals surface area contributed by atoms with Gasteiger partial charge in [0, 0.05) is 37.5 Å². The molecule has 8 atom stereocenters. The zero-order valence-corrected chi connectivity index (χ0v) is 20.9. The lowest BCUT2D eigenvalue weighted by atomic mass is 9.42. The first-order valence-corrected chi connectivity index (χ1v) is 12.1. The smallest absolute Gasteiger partial charge is 0.303 e. The summed E-state index contributed by atoms with van der Waals surface area (Å²) in [4.78, 5) is 36.5. The summed E-state index contributed by atoms with van der Waals surface area (Å²) in [6.07, 6.45) is 5.14. The fourth-order valence-corrected chi connectivity index (χ4v) is 7.12. The molecule has 0 aromatic carbocycles. The van der Waals surface area contributed by atoms with E-state index in [1.165, 1.54) is 20.8 Å². The van der Waals surface area contributed by atoms with E-state index in [0.717, 1.165) is 18.4 Å². The van der Waals surface area contributed by atoms with Crippen LogP contribution in [0.3, 0.4) is 0 Å². The van der Waals surface area contributed by atoms with E-state index >= 15 is 0 Å². The zero-order valence-electron chi connectivity index (χ0n) is 20.9. The summed E-state index contributed by atoms with van der Waals surface area (Å²) in [7, 11) is 0. The summed E-state index contributed by atoms with van der Waals surface area (Å²) in [5.74, 6) is -1.47. The molecule has 0 radical (unpaired) electrons. The minimum Gasteiger partial charge on any atom is -0.472 e. The Hall–Kier alpha value is -2.35. The monoisotopic (exact) mass is 476 g/mol. The molecule has 0 spiro atoms. The van der Waals surface area contributed by atoms with Crippen LogP contribution in [0.25, 0.3) is 0 Å². The van der Waals surface area contributed by atoms with Crippen molar-refractivity contribution in [3.05, 3.63) is 24.2 Å². The molecule has 1 aliphatic heterocycles. The Bertz CT molecular complexity index is 941. The van der Waals surface area contributed by atoms with E-state index in [0.29, 0.717) is 12.8 Å². The Morgan fingerprint density at radius 3 is 2.35 bits per heavy atom. The molecule has 3 fully saturated rings. The van der Waals surface area contributed by atoms with Crippen LogP contribution in [0.2, 0.25) is 0 Å². The van der Waals surface area contributed by atoms with Gasteiger partial charge in [0.1, 0.15) is 17.8 Å². The predicted molar refractivity (Wildman–Crippen MR) is 120 cm³/mol. The molecule has 2 aliphatic carbocycles. The number of furan rings is 1. The first kappa shape index (κ1) is 24.8. The first-order valence-electron chi connectivity index (χ1n) is 12.1. The van der Waals surface area contributed by atoms with Gasteiger partial charge in [-0.05, 0) is 50.2 Å². The Morgan fingerprint density at radius 2 is 1.76 bits per heavy atom. The minimum atomic E-state index is -0.706. The van der Waals surface area contributed by atoms with Crippen LogP contribution in [0.5, 0.6) is 0 Å². The molecule has 34 heavy (non-hydrogen) atoms. The maximum Gasteiger partial charge on any atom is 0.303 e. The Balaban J connectivity index is 1.85. The van der Waals surface area contributed by atoms with Crippen molar-refractivity contribution in [3.8, 4) is 0 Å². The third-order valence-electron chi connectivity index (χ3n) is 9.04. The number of aryl methyl sites for hydroxylation is 1. The molecule has 8 nitrogen and oxygen atoms in total. The number of carbonyl (C=O) groups excluding carboxylic acids is 3. The van der Waals surface area contributed by atoms with E-state index in [4.69, 9.17) is 23.4 Å². The van der Waals surface area contributed by atoms with Gasteiger partial charge in [-0.2, -0.15) is 0 Å². The molecule has 8 heteroatoms. The number of carbonyl (C=O) groups is 3. The largest absolute Gasteiger partial charge is 0.472 e. The van der Waals surface area contributed by atoms with Gasteiger partial charge >= 0.3 is 17.9 Å². The standard InChI is InChI=1S/C26H36O8/c1-15-22(32-17(3)28)23(33-18(4)29)24(5)20(7-8-21-25(24,6)34-21)26(15,14-31-16(2)27)11-9-19-10-12-30-13-19/h10,12-13,15,20-23H,7-9,11,14H2,1-6H3. The molecular formula is C26H36O8. The van der Waals surface area contributed by atoms with Crippen molar-refractivity contribution in [3.63, 3.8) is 0 Å². The third kappa shape index (κ3) is 3.84. The van der Waals surface area contributed by atoms with Crippen molar-refractivity contribution < 1.29 is 37.7 Å². The molecule has 0 bridgehead atoms. The van der Waals surface area contributed by atoms with Gasteiger partial charge < -0.3 is 23.4 Å². The molecule has 0 N–H and O–H groups in total. The second kappa shape index (κ2) is 8.70. The van der Waals surface area contributed by atoms with Crippen molar-refractivity contribution in [1.82, 2.24) is 0 Å². The Morgan fingerprint density at radius 1 is 1.06 bits per heavy atom. The maximum atomic E-state index is 12.3. The average molecular weight is 477 g/mol. The van der Waals surface area contributed by atoms with E-state index in [9.17, 15) is 14.4 Å². The molecule has 4 rings (SSSR count). The summed E-state index contributed by atoms with van der Waals surface area (Å²) < 4.78 is 29.1. The van der Waals surface area contributed by atoms with Gasteiger partial charge in [-0.1, -0.05) is 13.8 Å². The second-order valence-corrected chi connectivity index (χ2v) is 10.7. The van der Waals surface area contributed by atoms with Crippen LogP contribution in [-0.2, 0) is 39.8 Å². The molecule has 188 valence electrons. The molecule has 3 aliphatic rings. The molecule has 1 aromatic rings. The zero-order chi connectivity index (χ0) is 24.9. The fourth-order valence-electron chi connectivity index (χ4n) is 7.12. The number of rotatable bonds is 7. The highest BCUT2D eigenvalue weighted by molar-refractivity contribution is 5.68. The topological polar surface area (TPSA) is 105 Å². The van der Waals surface area contributed by atoms with E-state index in [-0.39, 0.29) is 30.5 Å². The number of fused-ring (bicyclic) bond motifs is 3. The maximum absolute atomic E-state index is 12.3. The predicted octanol–water partition coefficient (Wildman–Crippen LogP) is 3.85. The molecule has 1 saturated heterocycles. The number of hydrogen-bond acceptors (Lipinski definition) is 8. The summed E-state index contributed by atoms with van der Waals surface area (Å²) in [5.41, 5.74) is -0.671. The minimum absolute atomic E-state index is 0.00107. The number of ether oxygens (including phenoxy) is 4. The van der Waals surface area contributed by atoms with Gasteiger partial charge in [-0.3, -0.25) is 14.4 Å². The van der Waals surface area contributed by atoms with E-state index in [2.05, 4.69) is 13.8 Å². The highest BCUT2D eigenvalue weighted by atomic mass is 16.6. The second-order valence-electron chi connectivity index (χ2n) is 10.7. The highest BCUT2D eigenvalue weighted by Crippen LogP contribution is 2.71. The summed E-state index contributed by atoms with van der Waals surface area (Å²) in [5, 5.41) is 0. The van der Waals surface area contributed by atoms with Crippen molar-refractivity contribution in [2.75, 3.05) is 6.61 Å². The van der Waals surface area contributed by atoms with Crippen LogP contribution >= 0.6 is 0 Å². The van der Waals surface area contributed by atoms with Crippen LogP contribution < -0.4 is 0 Å². The molecule has 2 heterocycles. The van der Waals surface area contributed by atoms with Gasteiger partial charge in [0.15, 0.2) is 0 Å². The van der Waals surface area contributed by atoms with Crippen molar-refractivity contribution in [1.29, 1.82) is 0 Å². The fraction of sp³-hybridized carbons (Fsp3) is 0.731. The molecular weight excluding hydrogens is 440 g/mol. The number of hydrogen-bond donors (Lipinski definition) is 0. The van der Waals surface area contributed by atoms with E-state index in [1.54, 1.807) is 12.5 Å². The molecule has 2 saturated carbocycles.